The first kappa shape index (κ1) is 19.5. The van der Waals surface area contributed by atoms with E-state index in [-0.39, 0.29) is 0 Å². The Balaban J connectivity index is 2.05. The first-order chi connectivity index (χ1) is 12.3. The van der Waals surface area contributed by atoms with Crippen molar-refractivity contribution in [3.05, 3.63) is 53.1 Å². The number of nitrogens with zero attached hydrogens (tertiary/aromatic N) is 1. The number of anilines is 3. The summed E-state index contributed by atoms with van der Waals surface area (Å²) in [6.07, 6.45) is 0. The molecule has 0 aromatic heterocycles. The fourth-order valence-corrected chi connectivity index (χ4v) is 3.08. The number of amides is 2. The van der Waals surface area contributed by atoms with Crippen molar-refractivity contribution in [1.82, 2.24) is 0 Å². The van der Waals surface area contributed by atoms with Crippen molar-refractivity contribution < 1.29 is 9.59 Å². The Morgan fingerprint density at radius 1 is 0.846 bits per heavy atom. The van der Waals surface area contributed by atoms with Gasteiger partial charge in [-0.15, -0.1) is 0 Å². The Morgan fingerprint density at radius 2 is 1.35 bits per heavy atom. The highest BCUT2D eigenvalue weighted by atomic mass is 16.2. The van der Waals surface area contributed by atoms with E-state index in [4.69, 9.17) is 0 Å². The molecule has 26 heavy (non-hydrogen) atoms. The van der Waals surface area contributed by atoms with Crippen molar-refractivity contribution in [3.63, 3.8) is 0 Å². The largest absolute Gasteiger partial charge is 0.372 e. The Hall–Kier alpha value is -2.82. The van der Waals surface area contributed by atoms with Crippen LogP contribution in [-0.4, -0.2) is 24.9 Å². The van der Waals surface area contributed by atoms with E-state index in [1.165, 1.54) is 0 Å². The average molecular weight is 353 g/mol. The first-order valence-corrected chi connectivity index (χ1v) is 8.90. The van der Waals surface area contributed by atoms with Crippen LogP contribution in [0.2, 0.25) is 0 Å². The third-order valence-corrected chi connectivity index (χ3v) is 4.38. The van der Waals surface area contributed by atoms with E-state index in [1.54, 1.807) is 12.1 Å². The zero-order valence-corrected chi connectivity index (χ0v) is 16.1. The van der Waals surface area contributed by atoms with E-state index in [1.807, 2.05) is 45.0 Å². The van der Waals surface area contributed by atoms with Crippen molar-refractivity contribution in [1.29, 1.82) is 0 Å². The van der Waals surface area contributed by atoms with Gasteiger partial charge in [0.15, 0.2) is 0 Å². The molecule has 0 aliphatic heterocycles. The van der Waals surface area contributed by atoms with E-state index in [9.17, 15) is 9.59 Å². The van der Waals surface area contributed by atoms with E-state index in [0.29, 0.717) is 11.4 Å². The number of hydrogen-bond acceptors (Lipinski definition) is 3. The molecule has 0 unspecified atom stereocenters. The lowest BCUT2D eigenvalue weighted by molar-refractivity contribution is -0.133. The summed E-state index contributed by atoms with van der Waals surface area (Å²) in [5.74, 6) is -1.35. The molecule has 0 spiro atoms. The third-order valence-electron chi connectivity index (χ3n) is 4.38. The minimum absolute atomic E-state index is 0.596. The van der Waals surface area contributed by atoms with Gasteiger partial charge in [0.1, 0.15) is 0 Å². The average Bonchev–Trinajstić information content (AvgIpc) is 2.60. The molecule has 0 heterocycles. The highest BCUT2D eigenvalue weighted by molar-refractivity contribution is 6.43. The van der Waals surface area contributed by atoms with Gasteiger partial charge < -0.3 is 15.5 Å². The van der Waals surface area contributed by atoms with Gasteiger partial charge in [0.05, 0.1) is 0 Å². The second-order valence-corrected chi connectivity index (χ2v) is 6.40. The van der Waals surface area contributed by atoms with Gasteiger partial charge >= 0.3 is 11.8 Å². The second kappa shape index (κ2) is 8.52. The first-order valence-electron chi connectivity index (χ1n) is 8.90. The molecule has 2 aromatic carbocycles. The number of hydrogen-bond donors (Lipinski definition) is 2. The van der Waals surface area contributed by atoms with E-state index in [0.717, 1.165) is 35.5 Å². The zero-order valence-electron chi connectivity index (χ0n) is 16.1. The predicted molar refractivity (Wildman–Crippen MR) is 108 cm³/mol. The van der Waals surface area contributed by atoms with Gasteiger partial charge in [-0.3, -0.25) is 9.59 Å². The van der Waals surface area contributed by atoms with Crippen LogP contribution in [0.3, 0.4) is 0 Å². The SMILES string of the molecule is CCN(CC)c1ccc(NC(=O)C(=O)Nc2c(C)cc(C)cc2C)cc1. The van der Waals surface area contributed by atoms with Gasteiger partial charge in [-0.2, -0.15) is 0 Å². The molecule has 2 N–H and O–H groups in total. The van der Waals surface area contributed by atoms with Crippen molar-refractivity contribution >= 4 is 28.9 Å². The summed E-state index contributed by atoms with van der Waals surface area (Å²) in [5.41, 5.74) is 5.37. The summed E-state index contributed by atoms with van der Waals surface area (Å²) < 4.78 is 0. The number of carbonyl (C=O) groups excluding carboxylic acids is 2. The van der Waals surface area contributed by atoms with Crippen LogP contribution >= 0.6 is 0 Å². The minimum atomic E-state index is -0.681. The van der Waals surface area contributed by atoms with Gasteiger partial charge in [0.2, 0.25) is 0 Å². The topological polar surface area (TPSA) is 61.4 Å². The van der Waals surface area contributed by atoms with Crippen molar-refractivity contribution in [2.24, 2.45) is 0 Å². The van der Waals surface area contributed by atoms with Crippen LogP contribution in [0.25, 0.3) is 0 Å². The van der Waals surface area contributed by atoms with Gasteiger partial charge in [0, 0.05) is 30.2 Å². The van der Waals surface area contributed by atoms with Crippen LogP contribution < -0.4 is 15.5 Å². The highest BCUT2D eigenvalue weighted by Crippen LogP contribution is 2.22. The Kier molecular flexibility index (Phi) is 6.39. The Labute approximate surface area is 155 Å². The maximum atomic E-state index is 12.2. The standard InChI is InChI=1S/C21H27N3O2/c1-6-24(7-2)18-10-8-17(9-11-18)22-20(25)21(26)23-19-15(4)12-14(3)13-16(19)5/h8-13H,6-7H2,1-5H3,(H,22,25)(H,23,26). The van der Waals surface area contributed by atoms with Crippen LogP contribution in [0, 0.1) is 20.8 Å². The molecule has 0 atom stereocenters. The fraction of sp³-hybridized carbons (Fsp3) is 0.333. The number of aryl methyl sites for hydroxylation is 3. The van der Waals surface area contributed by atoms with Crippen molar-refractivity contribution in [2.45, 2.75) is 34.6 Å². The van der Waals surface area contributed by atoms with Crippen molar-refractivity contribution in [3.8, 4) is 0 Å². The lowest BCUT2D eigenvalue weighted by Gasteiger charge is -2.21. The molecule has 0 aliphatic carbocycles. The smallest absolute Gasteiger partial charge is 0.314 e. The fourth-order valence-electron chi connectivity index (χ4n) is 3.08. The predicted octanol–water partition coefficient (Wildman–Crippen LogP) is 4.04. The lowest BCUT2D eigenvalue weighted by atomic mass is 10.1. The number of benzene rings is 2. The van der Waals surface area contributed by atoms with Crippen LogP contribution in [0.1, 0.15) is 30.5 Å². The van der Waals surface area contributed by atoms with E-state index >= 15 is 0 Å². The molecule has 0 radical (unpaired) electrons. The Bertz CT molecular complexity index is 770. The number of rotatable bonds is 5. The third kappa shape index (κ3) is 4.63. The molecular formula is C21H27N3O2. The van der Waals surface area contributed by atoms with Crippen LogP contribution in [0.5, 0.6) is 0 Å². The number of nitrogens with one attached hydrogen (secondary N) is 2. The molecule has 5 nitrogen and oxygen atoms in total. The summed E-state index contributed by atoms with van der Waals surface area (Å²) in [6.45, 7) is 11.9. The van der Waals surface area contributed by atoms with Gasteiger partial charge in [0.25, 0.3) is 0 Å². The van der Waals surface area contributed by atoms with Crippen molar-refractivity contribution in [2.75, 3.05) is 28.6 Å². The molecule has 2 amide bonds. The zero-order chi connectivity index (χ0) is 19.3. The Morgan fingerprint density at radius 3 is 1.85 bits per heavy atom. The molecule has 138 valence electrons. The quantitative estimate of drug-likeness (QED) is 0.798. The molecule has 2 rings (SSSR count). The summed E-state index contributed by atoms with van der Waals surface area (Å²) in [6, 6.07) is 11.4. The molecule has 0 aliphatic rings. The van der Waals surface area contributed by atoms with Gasteiger partial charge in [-0.25, -0.2) is 0 Å². The molecule has 5 heteroatoms. The molecule has 0 saturated carbocycles. The summed E-state index contributed by atoms with van der Waals surface area (Å²) >= 11 is 0. The number of carbonyl (C=O) groups is 2. The molecule has 0 fully saturated rings. The highest BCUT2D eigenvalue weighted by Gasteiger charge is 2.16. The van der Waals surface area contributed by atoms with E-state index in [2.05, 4.69) is 29.4 Å². The lowest BCUT2D eigenvalue weighted by Crippen LogP contribution is -2.29. The van der Waals surface area contributed by atoms with Gasteiger partial charge in [-0.1, -0.05) is 17.7 Å². The van der Waals surface area contributed by atoms with E-state index < -0.39 is 11.8 Å². The van der Waals surface area contributed by atoms with Crippen LogP contribution in [0.15, 0.2) is 36.4 Å². The summed E-state index contributed by atoms with van der Waals surface area (Å²) in [7, 11) is 0. The second-order valence-electron chi connectivity index (χ2n) is 6.40. The van der Waals surface area contributed by atoms with Gasteiger partial charge in [-0.05, 0) is 70.0 Å². The normalized spacial score (nSPS) is 10.3. The molecule has 2 aromatic rings. The monoisotopic (exact) mass is 353 g/mol. The maximum absolute atomic E-state index is 12.2. The molecule has 0 bridgehead atoms. The van der Waals surface area contributed by atoms with Crippen LogP contribution in [-0.2, 0) is 9.59 Å². The minimum Gasteiger partial charge on any atom is -0.372 e. The summed E-state index contributed by atoms with van der Waals surface area (Å²) in [5, 5.41) is 5.36. The molecular weight excluding hydrogens is 326 g/mol. The van der Waals surface area contributed by atoms with Crippen LogP contribution in [0.4, 0.5) is 17.1 Å². The summed E-state index contributed by atoms with van der Waals surface area (Å²) in [4.78, 5) is 26.7. The maximum Gasteiger partial charge on any atom is 0.314 e. The molecule has 0 saturated heterocycles.